The molecule has 0 radical (unpaired) electrons. The lowest BCUT2D eigenvalue weighted by Gasteiger charge is -2.32. The molecule has 1 aliphatic rings. The van der Waals surface area contributed by atoms with E-state index in [0.717, 1.165) is 24.4 Å². The van der Waals surface area contributed by atoms with Crippen LogP contribution in [-0.4, -0.2) is 51.1 Å². The summed E-state index contributed by atoms with van der Waals surface area (Å²) in [7, 11) is 4.57. The van der Waals surface area contributed by atoms with Crippen LogP contribution in [0.15, 0.2) is 28.7 Å². The van der Waals surface area contributed by atoms with Gasteiger partial charge in [-0.3, -0.25) is 9.59 Å². The molecule has 2 heterocycles. The van der Waals surface area contributed by atoms with Gasteiger partial charge in [-0.15, -0.1) is 0 Å². The highest BCUT2D eigenvalue weighted by molar-refractivity contribution is 5.95. The van der Waals surface area contributed by atoms with Gasteiger partial charge in [-0.1, -0.05) is 0 Å². The fourth-order valence-electron chi connectivity index (χ4n) is 3.83. The summed E-state index contributed by atoms with van der Waals surface area (Å²) in [5.74, 6) is 3.09. The van der Waals surface area contributed by atoms with E-state index >= 15 is 0 Å². The number of rotatable bonds is 8. The van der Waals surface area contributed by atoms with Crippen LogP contribution >= 0.6 is 0 Å². The van der Waals surface area contributed by atoms with Gasteiger partial charge in [0, 0.05) is 25.1 Å². The number of carbonyl (C=O) groups is 2. The van der Waals surface area contributed by atoms with Crippen LogP contribution in [0, 0.1) is 12.8 Å². The molecule has 31 heavy (non-hydrogen) atoms. The molecule has 0 unspecified atom stereocenters. The van der Waals surface area contributed by atoms with Crippen LogP contribution in [0.5, 0.6) is 17.2 Å². The Balaban J connectivity index is 1.53. The smallest absolute Gasteiger partial charge is 0.254 e. The Kier molecular flexibility index (Phi) is 7.44. The van der Waals surface area contributed by atoms with Crippen molar-refractivity contribution < 1.29 is 28.2 Å². The van der Waals surface area contributed by atoms with Gasteiger partial charge in [0.05, 0.1) is 27.9 Å². The highest BCUT2D eigenvalue weighted by Crippen LogP contribution is 2.38. The highest BCUT2D eigenvalue weighted by Gasteiger charge is 2.27. The first kappa shape index (κ1) is 22.5. The minimum absolute atomic E-state index is 0.00320. The number of aryl methyl sites for hydroxylation is 1. The summed E-state index contributed by atoms with van der Waals surface area (Å²) in [6.45, 7) is 3.47. The first-order valence-electron chi connectivity index (χ1n) is 10.4. The lowest BCUT2D eigenvalue weighted by molar-refractivity contribution is -0.122. The molecule has 0 saturated carbocycles. The molecule has 1 aromatic heterocycles. The normalized spacial score (nSPS) is 14.3. The van der Waals surface area contributed by atoms with Crippen LogP contribution in [0.1, 0.15) is 41.1 Å². The van der Waals surface area contributed by atoms with Gasteiger partial charge in [0.15, 0.2) is 11.5 Å². The molecule has 1 saturated heterocycles. The summed E-state index contributed by atoms with van der Waals surface area (Å²) in [6, 6.07) is 7.07. The number of hydrogen-bond donors (Lipinski definition) is 1. The Morgan fingerprint density at radius 1 is 1.06 bits per heavy atom. The maximum absolute atomic E-state index is 13.0. The third-order valence-corrected chi connectivity index (χ3v) is 5.54. The number of methoxy groups -OCH3 is 3. The van der Waals surface area contributed by atoms with E-state index in [1.54, 1.807) is 17.0 Å². The van der Waals surface area contributed by atoms with Crippen LogP contribution < -0.4 is 19.5 Å². The van der Waals surface area contributed by atoms with Gasteiger partial charge in [0.1, 0.15) is 11.5 Å². The lowest BCUT2D eigenvalue weighted by atomic mass is 9.92. The number of nitrogens with one attached hydrogen (secondary N) is 1. The van der Waals surface area contributed by atoms with Crippen LogP contribution in [0.25, 0.3) is 0 Å². The molecular weight excluding hydrogens is 400 g/mol. The Morgan fingerprint density at radius 3 is 2.23 bits per heavy atom. The van der Waals surface area contributed by atoms with Crippen molar-refractivity contribution in [3.8, 4) is 17.2 Å². The lowest BCUT2D eigenvalue weighted by Crippen LogP contribution is -2.39. The molecule has 8 nitrogen and oxygen atoms in total. The van der Waals surface area contributed by atoms with Gasteiger partial charge in [-0.25, -0.2) is 0 Å². The number of carbonyl (C=O) groups excluding carboxylic acids is 2. The maximum Gasteiger partial charge on any atom is 0.254 e. The Hall–Kier alpha value is -3.16. The van der Waals surface area contributed by atoms with E-state index in [1.165, 1.54) is 21.3 Å². The number of piperidine rings is 1. The maximum atomic E-state index is 13.0. The van der Waals surface area contributed by atoms with Crippen LogP contribution in [0.2, 0.25) is 0 Å². The van der Waals surface area contributed by atoms with Gasteiger partial charge in [0.25, 0.3) is 5.91 Å². The molecule has 8 heteroatoms. The average molecular weight is 431 g/mol. The van der Waals surface area contributed by atoms with Gasteiger partial charge < -0.3 is 28.8 Å². The van der Waals surface area contributed by atoms with E-state index in [0.29, 0.717) is 48.9 Å². The zero-order valence-electron chi connectivity index (χ0n) is 18.5. The summed E-state index contributed by atoms with van der Waals surface area (Å²) in [5.41, 5.74) is 0.486. The van der Waals surface area contributed by atoms with Gasteiger partial charge in [0.2, 0.25) is 11.7 Å². The predicted octanol–water partition coefficient (Wildman–Crippen LogP) is 3.17. The minimum Gasteiger partial charge on any atom is -0.493 e. The molecule has 0 atom stereocenters. The molecule has 0 bridgehead atoms. The summed E-state index contributed by atoms with van der Waals surface area (Å²) >= 11 is 0. The monoisotopic (exact) mass is 430 g/mol. The molecule has 0 spiro atoms. The van der Waals surface area contributed by atoms with Crippen molar-refractivity contribution in [3.63, 3.8) is 0 Å². The summed E-state index contributed by atoms with van der Waals surface area (Å²) in [4.78, 5) is 27.1. The quantitative estimate of drug-likeness (QED) is 0.692. The minimum atomic E-state index is -0.0876. The Bertz CT molecular complexity index is 890. The first-order chi connectivity index (χ1) is 14.9. The second kappa shape index (κ2) is 10.2. The van der Waals surface area contributed by atoms with Gasteiger partial charge in [-0.05, 0) is 49.9 Å². The van der Waals surface area contributed by atoms with Gasteiger partial charge in [-0.2, -0.15) is 0 Å². The van der Waals surface area contributed by atoms with Crippen molar-refractivity contribution >= 4 is 11.8 Å². The topological polar surface area (TPSA) is 90.2 Å². The van der Waals surface area contributed by atoms with Gasteiger partial charge >= 0.3 is 0 Å². The molecule has 1 fully saturated rings. The second-order valence-electron chi connectivity index (χ2n) is 7.64. The standard InChI is InChI=1S/C23H30N2O6/c1-15-5-6-18(31-15)14-24-21(26)11-16-7-9-25(10-8-16)23(27)17-12-19(28-2)22(30-4)20(13-17)29-3/h5-6,12-13,16H,7-11,14H2,1-4H3,(H,24,26). The van der Waals surface area contributed by atoms with Crippen molar-refractivity contribution in [2.24, 2.45) is 5.92 Å². The summed E-state index contributed by atoms with van der Waals surface area (Å²) in [6.07, 6.45) is 2.01. The van der Waals surface area contributed by atoms with Crippen molar-refractivity contribution in [2.45, 2.75) is 32.7 Å². The molecule has 1 aromatic carbocycles. The Labute approximate surface area is 182 Å². The molecular formula is C23H30N2O6. The number of likely N-dealkylation sites (tertiary alicyclic amines) is 1. The number of amides is 2. The number of benzene rings is 1. The average Bonchev–Trinajstić information content (AvgIpc) is 3.21. The van der Waals surface area contributed by atoms with Crippen LogP contribution in [0.3, 0.4) is 0 Å². The number of ether oxygens (including phenoxy) is 3. The SMILES string of the molecule is COc1cc(C(=O)N2CCC(CC(=O)NCc3ccc(C)o3)CC2)cc(OC)c1OC. The van der Waals surface area contributed by atoms with E-state index < -0.39 is 0 Å². The zero-order valence-corrected chi connectivity index (χ0v) is 18.5. The molecule has 1 N–H and O–H groups in total. The largest absolute Gasteiger partial charge is 0.493 e. The summed E-state index contributed by atoms with van der Waals surface area (Å²) in [5, 5.41) is 2.90. The van der Waals surface area contributed by atoms with Crippen LogP contribution in [0.4, 0.5) is 0 Å². The van der Waals surface area contributed by atoms with Crippen molar-refractivity contribution in [1.29, 1.82) is 0 Å². The third kappa shape index (κ3) is 5.51. The molecule has 0 aliphatic carbocycles. The molecule has 2 aromatic rings. The Morgan fingerprint density at radius 2 is 1.71 bits per heavy atom. The predicted molar refractivity (Wildman–Crippen MR) is 115 cm³/mol. The number of hydrogen-bond acceptors (Lipinski definition) is 6. The fourth-order valence-corrected chi connectivity index (χ4v) is 3.83. The van der Waals surface area contributed by atoms with E-state index in [2.05, 4.69) is 5.32 Å². The number of furan rings is 1. The van der Waals surface area contributed by atoms with E-state index in [1.807, 2.05) is 19.1 Å². The first-order valence-corrected chi connectivity index (χ1v) is 10.4. The molecule has 168 valence electrons. The van der Waals surface area contributed by atoms with Crippen LogP contribution in [-0.2, 0) is 11.3 Å². The third-order valence-electron chi connectivity index (χ3n) is 5.54. The van der Waals surface area contributed by atoms with Crippen molar-refractivity contribution in [3.05, 3.63) is 41.3 Å². The molecule has 3 rings (SSSR count). The zero-order chi connectivity index (χ0) is 22.4. The number of nitrogens with zero attached hydrogens (tertiary/aromatic N) is 1. The van der Waals surface area contributed by atoms with E-state index in [4.69, 9.17) is 18.6 Å². The molecule has 2 amide bonds. The van der Waals surface area contributed by atoms with E-state index in [9.17, 15) is 9.59 Å². The van der Waals surface area contributed by atoms with Crippen molar-refractivity contribution in [2.75, 3.05) is 34.4 Å². The molecule has 1 aliphatic heterocycles. The van der Waals surface area contributed by atoms with E-state index in [-0.39, 0.29) is 17.7 Å². The fraction of sp³-hybridized carbons (Fsp3) is 0.478. The van der Waals surface area contributed by atoms with Crippen molar-refractivity contribution in [1.82, 2.24) is 10.2 Å². The second-order valence-corrected chi connectivity index (χ2v) is 7.64. The highest BCUT2D eigenvalue weighted by atomic mass is 16.5. The summed E-state index contributed by atoms with van der Waals surface area (Å²) < 4.78 is 21.5.